The summed E-state index contributed by atoms with van der Waals surface area (Å²) in [5.74, 6) is -0.188. The van der Waals surface area contributed by atoms with Gasteiger partial charge in [-0.25, -0.2) is 0 Å². The van der Waals surface area contributed by atoms with Gasteiger partial charge >= 0.3 is 0 Å². The van der Waals surface area contributed by atoms with E-state index in [0.29, 0.717) is 5.57 Å². The lowest BCUT2D eigenvalue weighted by atomic mass is 9.92. The van der Waals surface area contributed by atoms with Crippen LogP contribution in [-0.2, 0) is 4.79 Å². The van der Waals surface area contributed by atoms with Crippen LogP contribution in [-0.4, -0.2) is 24.3 Å². The molecular weight excluding hydrogens is 152 g/mol. The molecule has 0 saturated heterocycles. The van der Waals surface area contributed by atoms with Gasteiger partial charge in [-0.1, -0.05) is 0 Å². The zero-order valence-electron chi connectivity index (χ0n) is 7.37. The molecule has 0 aromatic heterocycles. The van der Waals surface area contributed by atoms with E-state index in [1.807, 2.05) is 11.9 Å². The smallest absolute Gasteiger partial charge is 0.158 e. The topological polar surface area (TPSA) is 44.1 Å². The summed E-state index contributed by atoms with van der Waals surface area (Å²) >= 11 is 0. The van der Waals surface area contributed by atoms with Crippen LogP contribution in [0.4, 0.5) is 0 Å². The summed E-state index contributed by atoms with van der Waals surface area (Å²) < 4.78 is 0. The van der Waals surface area contributed by atoms with Crippen molar-refractivity contribution in [2.24, 2.45) is 5.92 Å². The van der Waals surface area contributed by atoms with E-state index in [1.54, 1.807) is 6.20 Å². The Hall–Kier alpha value is -1.30. The highest BCUT2D eigenvalue weighted by Gasteiger charge is 2.22. The molecular formula is C9H12N2O. The van der Waals surface area contributed by atoms with Crippen LogP contribution >= 0.6 is 0 Å². The molecule has 0 bridgehead atoms. The maximum Gasteiger partial charge on any atom is 0.158 e. The lowest BCUT2D eigenvalue weighted by Crippen LogP contribution is -2.26. The second kappa shape index (κ2) is 3.40. The fourth-order valence-electron chi connectivity index (χ4n) is 1.35. The number of nitrogens with zero attached hydrogens (tertiary/aromatic N) is 2. The molecule has 0 saturated carbocycles. The molecule has 1 aliphatic heterocycles. The number of hydrogen-bond acceptors (Lipinski definition) is 3. The minimum absolute atomic E-state index is 0.00750. The van der Waals surface area contributed by atoms with Crippen molar-refractivity contribution in [3.63, 3.8) is 0 Å². The Balaban J connectivity index is 2.89. The number of rotatable bonds is 1. The quantitative estimate of drug-likeness (QED) is 0.579. The highest BCUT2D eigenvalue weighted by atomic mass is 16.1. The van der Waals surface area contributed by atoms with Crippen molar-refractivity contribution in [1.29, 1.82) is 5.26 Å². The molecule has 0 amide bonds. The maximum atomic E-state index is 11.1. The van der Waals surface area contributed by atoms with Crippen LogP contribution < -0.4 is 0 Å². The number of carbonyl (C=O) groups excluding carboxylic acids is 1. The first kappa shape index (κ1) is 8.79. The molecule has 1 unspecified atom stereocenters. The molecule has 0 aromatic rings. The van der Waals surface area contributed by atoms with Gasteiger partial charge in [-0.05, 0) is 13.3 Å². The van der Waals surface area contributed by atoms with Gasteiger partial charge in [0.25, 0.3) is 0 Å². The Morgan fingerprint density at radius 3 is 3.00 bits per heavy atom. The average molecular weight is 164 g/mol. The lowest BCUT2D eigenvalue weighted by Gasteiger charge is -2.24. The standard InChI is InChI=1S/C9H12N2O/c1-7(12)9-6-11(2)4-3-8(9)5-10/h6,8H,3-4H2,1-2H3. The fraction of sp³-hybridized carbons (Fsp3) is 0.556. The van der Waals surface area contributed by atoms with Crippen LogP contribution in [0.25, 0.3) is 0 Å². The van der Waals surface area contributed by atoms with Gasteiger partial charge in [0.15, 0.2) is 5.78 Å². The number of carbonyl (C=O) groups is 1. The maximum absolute atomic E-state index is 11.1. The number of hydrogen-bond donors (Lipinski definition) is 0. The summed E-state index contributed by atoms with van der Waals surface area (Å²) in [6.07, 6.45) is 2.54. The summed E-state index contributed by atoms with van der Waals surface area (Å²) in [5.41, 5.74) is 0.645. The van der Waals surface area contributed by atoms with Gasteiger partial charge in [-0.15, -0.1) is 0 Å². The Morgan fingerprint density at radius 1 is 1.83 bits per heavy atom. The van der Waals surface area contributed by atoms with E-state index in [4.69, 9.17) is 5.26 Å². The minimum Gasteiger partial charge on any atom is -0.380 e. The Kier molecular flexibility index (Phi) is 2.49. The molecule has 1 aliphatic rings. The highest BCUT2D eigenvalue weighted by molar-refractivity contribution is 5.94. The molecule has 12 heavy (non-hydrogen) atoms. The summed E-state index contributed by atoms with van der Waals surface area (Å²) in [6, 6.07) is 2.14. The van der Waals surface area contributed by atoms with Gasteiger partial charge in [0.1, 0.15) is 0 Å². The van der Waals surface area contributed by atoms with Crippen molar-refractivity contribution in [3.05, 3.63) is 11.8 Å². The molecule has 3 heteroatoms. The van der Waals surface area contributed by atoms with Crippen molar-refractivity contribution in [2.75, 3.05) is 13.6 Å². The van der Waals surface area contributed by atoms with Crippen LogP contribution in [0.2, 0.25) is 0 Å². The van der Waals surface area contributed by atoms with Gasteiger partial charge in [0, 0.05) is 25.4 Å². The molecule has 3 nitrogen and oxygen atoms in total. The van der Waals surface area contributed by atoms with E-state index in [0.717, 1.165) is 13.0 Å². The van der Waals surface area contributed by atoms with Crippen LogP contribution in [0.3, 0.4) is 0 Å². The van der Waals surface area contributed by atoms with E-state index in [9.17, 15) is 4.79 Å². The Labute approximate surface area is 72.3 Å². The average Bonchev–Trinajstić information content (AvgIpc) is 2.04. The predicted octanol–water partition coefficient (Wildman–Crippen LogP) is 0.935. The van der Waals surface area contributed by atoms with Crippen molar-refractivity contribution in [2.45, 2.75) is 13.3 Å². The van der Waals surface area contributed by atoms with Crippen LogP contribution in [0, 0.1) is 17.2 Å². The number of nitriles is 1. The van der Waals surface area contributed by atoms with Gasteiger partial charge < -0.3 is 4.90 Å². The lowest BCUT2D eigenvalue weighted by molar-refractivity contribution is -0.114. The van der Waals surface area contributed by atoms with Crippen molar-refractivity contribution < 1.29 is 4.79 Å². The third kappa shape index (κ3) is 1.65. The minimum atomic E-state index is -0.196. The first-order chi connectivity index (χ1) is 5.65. The third-order valence-corrected chi connectivity index (χ3v) is 2.07. The molecule has 1 heterocycles. The molecule has 0 fully saturated rings. The molecule has 1 atom stereocenters. The van der Waals surface area contributed by atoms with Crippen molar-refractivity contribution in [1.82, 2.24) is 4.90 Å². The largest absolute Gasteiger partial charge is 0.380 e. The summed E-state index contributed by atoms with van der Waals surface area (Å²) in [6.45, 7) is 2.37. The van der Waals surface area contributed by atoms with Gasteiger partial charge in [-0.3, -0.25) is 4.79 Å². The second-order valence-corrected chi connectivity index (χ2v) is 3.09. The van der Waals surface area contributed by atoms with Crippen LogP contribution in [0.5, 0.6) is 0 Å². The summed E-state index contributed by atoms with van der Waals surface area (Å²) in [5, 5.41) is 8.74. The van der Waals surface area contributed by atoms with E-state index < -0.39 is 0 Å². The van der Waals surface area contributed by atoms with Crippen LogP contribution in [0.1, 0.15) is 13.3 Å². The van der Waals surface area contributed by atoms with Crippen LogP contribution in [0.15, 0.2) is 11.8 Å². The molecule has 0 radical (unpaired) electrons. The third-order valence-electron chi connectivity index (χ3n) is 2.07. The fourth-order valence-corrected chi connectivity index (χ4v) is 1.35. The predicted molar refractivity (Wildman–Crippen MR) is 45.1 cm³/mol. The highest BCUT2D eigenvalue weighted by Crippen LogP contribution is 2.20. The van der Waals surface area contributed by atoms with E-state index in [2.05, 4.69) is 6.07 Å². The molecule has 64 valence electrons. The van der Waals surface area contributed by atoms with Gasteiger partial charge in [0.05, 0.1) is 12.0 Å². The zero-order valence-corrected chi connectivity index (χ0v) is 7.37. The van der Waals surface area contributed by atoms with E-state index >= 15 is 0 Å². The Bertz CT molecular complexity index is 262. The monoisotopic (exact) mass is 164 g/mol. The number of allylic oxidation sites excluding steroid dienone is 1. The first-order valence-corrected chi connectivity index (χ1v) is 3.97. The first-order valence-electron chi connectivity index (χ1n) is 3.97. The summed E-state index contributed by atoms with van der Waals surface area (Å²) in [7, 11) is 1.91. The van der Waals surface area contributed by atoms with Crippen molar-refractivity contribution >= 4 is 5.78 Å². The van der Waals surface area contributed by atoms with Crippen molar-refractivity contribution in [3.8, 4) is 6.07 Å². The molecule has 0 aromatic carbocycles. The SMILES string of the molecule is CC(=O)C1=CN(C)CCC1C#N. The normalized spacial score (nSPS) is 22.9. The molecule has 0 aliphatic carbocycles. The molecule has 1 rings (SSSR count). The summed E-state index contributed by atoms with van der Waals surface area (Å²) in [4.78, 5) is 13.0. The molecule has 0 N–H and O–H groups in total. The second-order valence-electron chi connectivity index (χ2n) is 3.09. The van der Waals surface area contributed by atoms with Gasteiger partial charge in [0.2, 0.25) is 0 Å². The number of Topliss-reactive ketones (excluding diaryl/α,β-unsaturated/α-hetero) is 1. The zero-order chi connectivity index (χ0) is 9.14. The Morgan fingerprint density at radius 2 is 2.50 bits per heavy atom. The van der Waals surface area contributed by atoms with E-state index in [1.165, 1.54) is 6.92 Å². The van der Waals surface area contributed by atoms with E-state index in [-0.39, 0.29) is 11.7 Å². The number of ketones is 1. The molecule has 0 spiro atoms. The van der Waals surface area contributed by atoms with Gasteiger partial charge in [-0.2, -0.15) is 5.26 Å².